The number of aliphatic carboxylic acids is 1. The van der Waals surface area contributed by atoms with Gasteiger partial charge in [0.1, 0.15) is 5.25 Å². The van der Waals surface area contributed by atoms with Crippen LogP contribution < -0.4 is 0 Å². The number of methoxy groups -OCH3 is 1. The fraction of sp³-hybridized carbons (Fsp3) is 0.857. The molecule has 0 aromatic carbocycles. The standard InChI is InChI=1S/C7H14O3S/c1-5(2)6(7(8)9)11-4-10-3/h5-6H,4H2,1-3H3,(H,8,9). The summed E-state index contributed by atoms with van der Waals surface area (Å²) in [5.74, 6) is -0.176. The molecule has 0 aliphatic rings. The van der Waals surface area contributed by atoms with E-state index >= 15 is 0 Å². The van der Waals surface area contributed by atoms with Gasteiger partial charge in [-0.25, -0.2) is 0 Å². The minimum absolute atomic E-state index is 0.146. The first-order chi connectivity index (χ1) is 5.09. The largest absolute Gasteiger partial charge is 0.480 e. The second-order valence-corrected chi connectivity index (χ2v) is 3.65. The predicted octanol–water partition coefficient (Wildman–Crippen LogP) is 1.43. The summed E-state index contributed by atoms with van der Waals surface area (Å²) >= 11 is 1.32. The molecule has 0 aliphatic heterocycles. The molecule has 0 rings (SSSR count). The van der Waals surface area contributed by atoms with E-state index in [4.69, 9.17) is 9.84 Å². The van der Waals surface area contributed by atoms with Gasteiger partial charge in [0.25, 0.3) is 0 Å². The molecule has 11 heavy (non-hydrogen) atoms. The number of hydrogen-bond donors (Lipinski definition) is 1. The molecule has 1 unspecified atom stereocenters. The van der Waals surface area contributed by atoms with E-state index in [9.17, 15) is 4.79 Å². The smallest absolute Gasteiger partial charge is 0.316 e. The number of thioether (sulfide) groups is 1. The molecule has 0 saturated heterocycles. The maximum atomic E-state index is 10.6. The maximum absolute atomic E-state index is 10.6. The molecule has 0 aromatic rings. The molecule has 0 saturated carbocycles. The van der Waals surface area contributed by atoms with Crippen molar-refractivity contribution in [3.05, 3.63) is 0 Å². The van der Waals surface area contributed by atoms with Crippen molar-refractivity contribution in [3.8, 4) is 0 Å². The average Bonchev–Trinajstić information content (AvgIpc) is 1.87. The lowest BCUT2D eigenvalue weighted by Gasteiger charge is -2.14. The van der Waals surface area contributed by atoms with Crippen LogP contribution in [0.4, 0.5) is 0 Å². The molecular formula is C7H14O3S. The molecule has 0 heterocycles. The highest BCUT2D eigenvalue weighted by Gasteiger charge is 2.21. The van der Waals surface area contributed by atoms with Crippen LogP contribution in [0.1, 0.15) is 13.8 Å². The van der Waals surface area contributed by atoms with E-state index in [1.54, 1.807) is 7.11 Å². The average molecular weight is 178 g/mol. The van der Waals surface area contributed by atoms with Crippen molar-refractivity contribution in [2.75, 3.05) is 13.0 Å². The molecule has 0 aliphatic carbocycles. The molecular weight excluding hydrogens is 164 g/mol. The van der Waals surface area contributed by atoms with Crippen molar-refractivity contribution in [3.63, 3.8) is 0 Å². The lowest BCUT2D eigenvalue weighted by molar-refractivity contribution is -0.137. The Bertz CT molecular complexity index is 125. The molecule has 0 spiro atoms. The quantitative estimate of drug-likeness (QED) is 0.647. The van der Waals surface area contributed by atoms with Gasteiger partial charge < -0.3 is 9.84 Å². The predicted molar refractivity (Wildman–Crippen MR) is 45.7 cm³/mol. The molecule has 1 N–H and O–H groups in total. The van der Waals surface area contributed by atoms with Crippen LogP contribution in [0.15, 0.2) is 0 Å². The second kappa shape index (κ2) is 5.43. The first-order valence-corrected chi connectivity index (χ1v) is 4.47. The molecule has 0 radical (unpaired) electrons. The first kappa shape index (κ1) is 10.8. The number of carboxylic acids is 1. The molecule has 0 aromatic heterocycles. The number of hydrogen-bond acceptors (Lipinski definition) is 3. The van der Waals surface area contributed by atoms with Crippen LogP contribution in [0.5, 0.6) is 0 Å². The van der Waals surface area contributed by atoms with Gasteiger partial charge in [0, 0.05) is 7.11 Å². The summed E-state index contributed by atoms with van der Waals surface area (Å²) in [5.41, 5.74) is 0. The van der Waals surface area contributed by atoms with Gasteiger partial charge in [0.2, 0.25) is 0 Å². The van der Waals surface area contributed by atoms with Crippen molar-refractivity contribution < 1.29 is 14.6 Å². The Balaban J connectivity index is 3.80. The fourth-order valence-corrected chi connectivity index (χ4v) is 1.50. The van der Waals surface area contributed by atoms with Crippen LogP contribution >= 0.6 is 11.8 Å². The zero-order valence-corrected chi connectivity index (χ0v) is 7.85. The molecule has 4 heteroatoms. The van der Waals surface area contributed by atoms with Crippen LogP contribution in [0.25, 0.3) is 0 Å². The van der Waals surface area contributed by atoms with Gasteiger partial charge in [0.15, 0.2) is 0 Å². The highest BCUT2D eigenvalue weighted by Crippen LogP contribution is 2.19. The van der Waals surface area contributed by atoms with Crippen LogP contribution in [-0.2, 0) is 9.53 Å². The van der Waals surface area contributed by atoms with Crippen molar-refractivity contribution >= 4 is 17.7 Å². The molecule has 0 fully saturated rings. The summed E-state index contributed by atoms with van der Waals surface area (Å²) in [5, 5.41) is 8.34. The van der Waals surface area contributed by atoms with Gasteiger partial charge in [-0.3, -0.25) is 4.79 Å². The zero-order chi connectivity index (χ0) is 8.85. The summed E-state index contributed by atoms with van der Waals surface area (Å²) in [6, 6.07) is 0. The Labute approximate surface area is 71.1 Å². The van der Waals surface area contributed by atoms with E-state index in [1.807, 2.05) is 13.8 Å². The number of carbonyl (C=O) groups is 1. The highest BCUT2D eigenvalue weighted by molar-refractivity contribution is 8.00. The van der Waals surface area contributed by atoms with Gasteiger partial charge in [-0.15, -0.1) is 11.8 Å². The third-order valence-electron chi connectivity index (χ3n) is 1.21. The van der Waals surface area contributed by atoms with E-state index in [-0.39, 0.29) is 11.2 Å². The van der Waals surface area contributed by atoms with Gasteiger partial charge in [-0.2, -0.15) is 0 Å². The van der Waals surface area contributed by atoms with Gasteiger partial charge in [-0.05, 0) is 5.92 Å². The van der Waals surface area contributed by atoms with Crippen molar-refractivity contribution in [2.45, 2.75) is 19.1 Å². The van der Waals surface area contributed by atoms with Crippen LogP contribution in [0.3, 0.4) is 0 Å². The molecule has 0 bridgehead atoms. The van der Waals surface area contributed by atoms with E-state index in [2.05, 4.69) is 0 Å². The normalized spacial score (nSPS) is 13.5. The Morgan fingerprint density at radius 3 is 2.45 bits per heavy atom. The van der Waals surface area contributed by atoms with E-state index in [0.717, 1.165) is 0 Å². The summed E-state index contributed by atoms with van der Waals surface area (Å²) in [6.07, 6.45) is 0. The van der Waals surface area contributed by atoms with Crippen LogP contribution in [-0.4, -0.2) is 29.4 Å². The lowest BCUT2D eigenvalue weighted by atomic mass is 10.1. The topological polar surface area (TPSA) is 46.5 Å². The summed E-state index contributed by atoms with van der Waals surface area (Å²) < 4.78 is 4.77. The monoisotopic (exact) mass is 178 g/mol. The van der Waals surface area contributed by atoms with Gasteiger partial charge in [0.05, 0.1) is 5.94 Å². The first-order valence-electron chi connectivity index (χ1n) is 3.43. The fourth-order valence-electron chi connectivity index (χ4n) is 0.690. The van der Waals surface area contributed by atoms with Gasteiger partial charge >= 0.3 is 5.97 Å². The summed E-state index contributed by atoms with van der Waals surface area (Å²) in [6.45, 7) is 3.78. The van der Waals surface area contributed by atoms with E-state index in [1.165, 1.54) is 11.8 Å². The summed E-state index contributed by atoms with van der Waals surface area (Å²) in [4.78, 5) is 10.6. The van der Waals surface area contributed by atoms with E-state index < -0.39 is 5.97 Å². The zero-order valence-electron chi connectivity index (χ0n) is 7.03. The third-order valence-corrected chi connectivity index (χ3v) is 2.69. The SMILES string of the molecule is COCSC(C(=O)O)C(C)C. The van der Waals surface area contributed by atoms with Crippen LogP contribution in [0, 0.1) is 5.92 Å². The summed E-state index contributed by atoms with van der Waals surface area (Å²) in [7, 11) is 1.56. The Hall–Kier alpha value is -0.220. The number of carboxylic acid groups (broad SMARTS) is 1. The molecule has 1 atom stereocenters. The van der Waals surface area contributed by atoms with Crippen molar-refractivity contribution in [2.24, 2.45) is 5.92 Å². The minimum atomic E-state index is -0.762. The van der Waals surface area contributed by atoms with Crippen LogP contribution in [0.2, 0.25) is 0 Å². The maximum Gasteiger partial charge on any atom is 0.316 e. The molecule has 3 nitrogen and oxygen atoms in total. The second-order valence-electron chi connectivity index (χ2n) is 2.58. The van der Waals surface area contributed by atoms with Crippen molar-refractivity contribution in [1.82, 2.24) is 0 Å². The number of ether oxygens (including phenoxy) is 1. The lowest BCUT2D eigenvalue weighted by Crippen LogP contribution is -2.23. The Morgan fingerprint density at radius 2 is 2.18 bits per heavy atom. The minimum Gasteiger partial charge on any atom is -0.480 e. The molecule has 0 amide bonds. The number of rotatable bonds is 5. The molecule has 66 valence electrons. The van der Waals surface area contributed by atoms with Gasteiger partial charge in [-0.1, -0.05) is 13.8 Å². The highest BCUT2D eigenvalue weighted by atomic mass is 32.2. The third kappa shape index (κ3) is 4.27. The Kier molecular flexibility index (Phi) is 5.32. The van der Waals surface area contributed by atoms with Crippen molar-refractivity contribution in [1.29, 1.82) is 0 Å². The van der Waals surface area contributed by atoms with E-state index in [0.29, 0.717) is 5.94 Å². The Morgan fingerprint density at radius 1 is 1.64 bits per heavy atom.